The molecule has 2 N–H and O–H groups in total. The van der Waals surface area contributed by atoms with Crippen LogP contribution in [0.2, 0.25) is 0 Å². The van der Waals surface area contributed by atoms with Crippen molar-refractivity contribution in [2.45, 2.75) is 32.6 Å². The number of hydrogen-bond donors (Lipinski definition) is 2. The van der Waals surface area contributed by atoms with Gasteiger partial charge in [0.1, 0.15) is 0 Å². The Morgan fingerprint density at radius 2 is 1.97 bits per heavy atom. The van der Waals surface area contributed by atoms with E-state index in [2.05, 4.69) is 52.8 Å². The van der Waals surface area contributed by atoms with Crippen molar-refractivity contribution in [3.05, 3.63) is 70.0 Å². The first kappa shape index (κ1) is 21.3. The highest BCUT2D eigenvalue weighted by atomic mass is 32.2. The summed E-state index contributed by atoms with van der Waals surface area (Å²) < 4.78 is 2.42. The van der Waals surface area contributed by atoms with Gasteiger partial charge in [0.15, 0.2) is 10.6 Å². The Kier molecular flexibility index (Phi) is 7.66. The van der Waals surface area contributed by atoms with Crippen LogP contribution >= 0.6 is 24.0 Å². The predicted molar refractivity (Wildman–Crippen MR) is 123 cm³/mol. The smallest absolute Gasteiger partial charge is 0.221 e. The lowest BCUT2D eigenvalue weighted by Crippen LogP contribution is -2.26. The normalized spacial score (nSPS) is 10.8. The number of benzene rings is 2. The number of nitrogens with zero attached hydrogens (tertiary/aromatic N) is 2. The molecule has 3 aromatic rings. The molecular weight excluding hydrogens is 400 g/mol. The molecule has 7 heteroatoms. The molecule has 1 aromatic heterocycles. The molecule has 3 rings (SSSR count). The van der Waals surface area contributed by atoms with Crippen molar-refractivity contribution in [1.82, 2.24) is 20.1 Å². The molecule has 2 aromatic carbocycles. The van der Waals surface area contributed by atoms with E-state index in [4.69, 9.17) is 12.2 Å². The Morgan fingerprint density at radius 3 is 2.72 bits per heavy atom. The fraction of sp³-hybridized carbons (Fsp3) is 0.318. The van der Waals surface area contributed by atoms with Gasteiger partial charge in [-0.05, 0) is 37.7 Å². The summed E-state index contributed by atoms with van der Waals surface area (Å²) in [5.41, 5.74) is 4.73. The van der Waals surface area contributed by atoms with E-state index in [0.717, 1.165) is 28.5 Å². The largest absolute Gasteiger partial charge is 0.355 e. The van der Waals surface area contributed by atoms with Gasteiger partial charge in [-0.15, -0.1) is 0 Å². The van der Waals surface area contributed by atoms with Crippen LogP contribution in [-0.4, -0.2) is 33.0 Å². The van der Waals surface area contributed by atoms with Gasteiger partial charge in [-0.25, -0.2) is 0 Å². The molecule has 0 radical (unpaired) electrons. The quantitative estimate of drug-likeness (QED) is 0.386. The van der Waals surface area contributed by atoms with Gasteiger partial charge < -0.3 is 5.32 Å². The van der Waals surface area contributed by atoms with Gasteiger partial charge in [-0.2, -0.15) is 16.9 Å². The minimum Gasteiger partial charge on any atom is -0.355 e. The van der Waals surface area contributed by atoms with E-state index in [9.17, 15) is 4.79 Å². The Balaban J connectivity index is 1.43. The second kappa shape index (κ2) is 10.4. The summed E-state index contributed by atoms with van der Waals surface area (Å²) in [5, 5.41) is 10.2. The van der Waals surface area contributed by atoms with Crippen molar-refractivity contribution < 1.29 is 4.79 Å². The highest BCUT2D eigenvalue weighted by Gasteiger charge is 2.10. The number of hydrogen-bond acceptors (Lipinski definition) is 4. The predicted octanol–water partition coefficient (Wildman–Crippen LogP) is 4.66. The molecule has 0 bridgehead atoms. The number of nitrogens with one attached hydrogen (secondary N) is 2. The van der Waals surface area contributed by atoms with Crippen LogP contribution in [0.4, 0.5) is 0 Å². The second-order valence-electron chi connectivity index (χ2n) is 7.01. The minimum absolute atomic E-state index is 0.0271. The van der Waals surface area contributed by atoms with Crippen LogP contribution in [0.5, 0.6) is 0 Å². The molecule has 5 nitrogen and oxygen atoms in total. The SMILES string of the molecule is Cc1ccc(CSCCNC(=O)CCn2c(-c3cccc(C)c3)n[nH]c2=S)cc1. The third-order valence-electron chi connectivity index (χ3n) is 4.55. The summed E-state index contributed by atoms with van der Waals surface area (Å²) in [6, 6.07) is 16.7. The first-order chi connectivity index (χ1) is 14.0. The molecule has 0 aliphatic rings. The van der Waals surface area contributed by atoms with Crippen LogP contribution in [0.15, 0.2) is 48.5 Å². The van der Waals surface area contributed by atoms with Gasteiger partial charge in [-0.1, -0.05) is 53.6 Å². The number of amides is 1. The average Bonchev–Trinajstić information content (AvgIpc) is 3.08. The molecule has 152 valence electrons. The van der Waals surface area contributed by atoms with Gasteiger partial charge in [-0.3, -0.25) is 14.5 Å². The van der Waals surface area contributed by atoms with Gasteiger partial charge in [0.25, 0.3) is 0 Å². The lowest BCUT2D eigenvalue weighted by atomic mass is 10.1. The number of carbonyl (C=O) groups excluding carboxylic acids is 1. The monoisotopic (exact) mass is 426 g/mol. The van der Waals surface area contributed by atoms with E-state index in [1.165, 1.54) is 11.1 Å². The van der Waals surface area contributed by atoms with Crippen LogP contribution in [0.3, 0.4) is 0 Å². The van der Waals surface area contributed by atoms with Crippen LogP contribution in [0.25, 0.3) is 11.4 Å². The number of carbonyl (C=O) groups is 1. The van der Waals surface area contributed by atoms with Crippen LogP contribution < -0.4 is 5.32 Å². The molecule has 0 aliphatic heterocycles. The minimum atomic E-state index is 0.0271. The van der Waals surface area contributed by atoms with Gasteiger partial charge in [0.05, 0.1) is 0 Å². The number of H-pyrrole nitrogens is 1. The van der Waals surface area contributed by atoms with Crippen LogP contribution in [0, 0.1) is 18.6 Å². The zero-order valence-electron chi connectivity index (χ0n) is 16.8. The molecule has 29 heavy (non-hydrogen) atoms. The standard InChI is InChI=1S/C22H26N4OS2/c1-16-6-8-18(9-7-16)15-29-13-11-23-20(27)10-12-26-21(24-25-22(26)28)19-5-3-4-17(2)14-19/h3-9,14H,10-13,15H2,1-2H3,(H,23,27)(H,25,28). The van der Waals surface area contributed by atoms with Gasteiger partial charge >= 0.3 is 0 Å². The Labute approximate surface area is 180 Å². The summed E-state index contributed by atoms with van der Waals surface area (Å²) in [7, 11) is 0. The highest BCUT2D eigenvalue weighted by molar-refractivity contribution is 7.98. The Morgan fingerprint density at radius 1 is 1.17 bits per heavy atom. The molecule has 1 heterocycles. The number of aromatic nitrogens is 3. The molecule has 0 saturated carbocycles. The van der Waals surface area contributed by atoms with Crippen molar-refractivity contribution in [3.63, 3.8) is 0 Å². The lowest BCUT2D eigenvalue weighted by molar-refractivity contribution is -0.121. The Bertz CT molecular complexity index is 1010. The van der Waals surface area contributed by atoms with Crippen molar-refractivity contribution >= 4 is 29.9 Å². The van der Waals surface area contributed by atoms with Crippen LogP contribution in [0.1, 0.15) is 23.1 Å². The lowest BCUT2D eigenvalue weighted by Gasteiger charge is -2.09. The molecule has 0 saturated heterocycles. The van der Waals surface area contributed by atoms with E-state index in [0.29, 0.717) is 24.3 Å². The molecule has 0 atom stereocenters. The molecule has 0 unspecified atom stereocenters. The molecule has 1 amide bonds. The molecule has 0 fully saturated rings. The number of aromatic amines is 1. The average molecular weight is 427 g/mol. The summed E-state index contributed by atoms with van der Waals surface area (Å²) >= 11 is 7.17. The summed E-state index contributed by atoms with van der Waals surface area (Å²) in [6.45, 7) is 5.30. The maximum atomic E-state index is 12.2. The first-order valence-electron chi connectivity index (χ1n) is 9.65. The number of aryl methyl sites for hydroxylation is 2. The van der Waals surface area contributed by atoms with E-state index in [1.54, 1.807) is 0 Å². The third kappa shape index (κ3) is 6.30. The third-order valence-corrected chi connectivity index (χ3v) is 5.90. The maximum absolute atomic E-state index is 12.2. The van der Waals surface area contributed by atoms with E-state index < -0.39 is 0 Å². The van der Waals surface area contributed by atoms with Crippen molar-refractivity contribution in [3.8, 4) is 11.4 Å². The number of thioether (sulfide) groups is 1. The van der Waals surface area contributed by atoms with Crippen molar-refractivity contribution in [1.29, 1.82) is 0 Å². The molecular formula is C22H26N4OS2. The number of rotatable bonds is 9. The zero-order chi connectivity index (χ0) is 20.6. The van der Waals surface area contributed by atoms with Crippen molar-refractivity contribution in [2.24, 2.45) is 0 Å². The fourth-order valence-corrected chi connectivity index (χ4v) is 4.01. The Hall–Kier alpha value is -2.38. The fourth-order valence-electron chi connectivity index (χ4n) is 2.97. The second-order valence-corrected chi connectivity index (χ2v) is 8.50. The van der Waals surface area contributed by atoms with Gasteiger partial charge in [0.2, 0.25) is 5.91 Å². The maximum Gasteiger partial charge on any atom is 0.221 e. The topological polar surface area (TPSA) is 62.7 Å². The zero-order valence-corrected chi connectivity index (χ0v) is 18.4. The van der Waals surface area contributed by atoms with Gasteiger partial charge in [0, 0.05) is 36.6 Å². The van der Waals surface area contributed by atoms with E-state index >= 15 is 0 Å². The first-order valence-corrected chi connectivity index (χ1v) is 11.2. The van der Waals surface area contributed by atoms with Crippen LogP contribution in [-0.2, 0) is 17.1 Å². The molecule has 0 spiro atoms. The summed E-state index contributed by atoms with van der Waals surface area (Å²) in [4.78, 5) is 12.2. The summed E-state index contributed by atoms with van der Waals surface area (Å²) in [5.74, 6) is 2.64. The molecule has 0 aliphatic carbocycles. The van der Waals surface area contributed by atoms with E-state index in [-0.39, 0.29) is 5.91 Å². The highest BCUT2D eigenvalue weighted by Crippen LogP contribution is 2.19. The van der Waals surface area contributed by atoms with E-state index in [1.807, 2.05) is 41.5 Å². The summed E-state index contributed by atoms with van der Waals surface area (Å²) in [6.07, 6.45) is 0.370. The van der Waals surface area contributed by atoms with Crippen molar-refractivity contribution in [2.75, 3.05) is 12.3 Å².